The Kier molecular flexibility index (Phi) is 4.47. The SMILES string of the molecule is COc1ccc2c(c1)CCC(=Cc1ccc(NC(C)=O)cc1)C2=O. The number of nitrogens with one attached hydrogen (secondary N) is 1. The van der Waals surface area contributed by atoms with E-state index in [0.29, 0.717) is 6.42 Å². The van der Waals surface area contributed by atoms with Gasteiger partial charge in [0.25, 0.3) is 0 Å². The molecule has 24 heavy (non-hydrogen) atoms. The summed E-state index contributed by atoms with van der Waals surface area (Å²) in [6, 6.07) is 13.1. The third-order valence-electron chi connectivity index (χ3n) is 4.08. The van der Waals surface area contributed by atoms with Gasteiger partial charge in [-0.25, -0.2) is 0 Å². The average Bonchev–Trinajstić information content (AvgIpc) is 2.58. The number of methoxy groups -OCH3 is 1. The number of aryl methyl sites for hydroxylation is 1. The first-order chi connectivity index (χ1) is 11.6. The summed E-state index contributed by atoms with van der Waals surface area (Å²) < 4.78 is 5.22. The molecule has 0 saturated heterocycles. The number of ketones is 1. The minimum atomic E-state index is -0.101. The summed E-state index contributed by atoms with van der Waals surface area (Å²) in [6.45, 7) is 1.48. The number of rotatable bonds is 3. The largest absolute Gasteiger partial charge is 0.497 e. The summed E-state index contributed by atoms with van der Waals surface area (Å²) in [5.41, 5.74) is 4.29. The summed E-state index contributed by atoms with van der Waals surface area (Å²) in [5, 5.41) is 2.73. The van der Waals surface area contributed by atoms with Crippen molar-refractivity contribution >= 4 is 23.5 Å². The molecule has 0 aromatic heterocycles. The van der Waals surface area contributed by atoms with Gasteiger partial charge in [-0.3, -0.25) is 9.59 Å². The molecule has 0 spiro atoms. The average molecular weight is 321 g/mol. The van der Waals surface area contributed by atoms with Gasteiger partial charge < -0.3 is 10.1 Å². The fourth-order valence-electron chi connectivity index (χ4n) is 2.89. The van der Waals surface area contributed by atoms with Crippen LogP contribution < -0.4 is 10.1 Å². The van der Waals surface area contributed by atoms with Crippen LogP contribution in [0.3, 0.4) is 0 Å². The number of fused-ring (bicyclic) bond motifs is 1. The number of ether oxygens (including phenoxy) is 1. The smallest absolute Gasteiger partial charge is 0.221 e. The lowest BCUT2D eigenvalue weighted by Gasteiger charge is -2.18. The van der Waals surface area contributed by atoms with Crippen molar-refractivity contribution in [1.82, 2.24) is 0 Å². The standard InChI is InChI=1S/C20H19NO3/c1-13(22)21-17-7-3-14(4-8-17)11-16-6-5-15-12-18(24-2)9-10-19(15)20(16)23/h3-4,7-12H,5-6H2,1-2H3,(H,21,22). The van der Waals surface area contributed by atoms with Crippen LogP contribution in [0.4, 0.5) is 5.69 Å². The Hall–Kier alpha value is -2.88. The molecule has 0 heterocycles. The van der Waals surface area contributed by atoms with Crippen LogP contribution in [-0.2, 0) is 11.2 Å². The monoisotopic (exact) mass is 321 g/mol. The van der Waals surface area contributed by atoms with Crippen LogP contribution >= 0.6 is 0 Å². The Bertz CT molecular complexity index is 819. The number of carbonyl (C=O) groups is 2. The van der Waals surface area contributed by atoms with Crippen molar-refractivity contribution in [2.24, 2.45) is 0 Å². The molecular weight excluding hydrogens is 302 g/mol. The number of hydrogen-bond acceptors (Lipinski definition) is 3. The minimum Gasteiger partial charge on any atom is -0.497 e. The molecule has 2 aromatic carbocycles. The van der Waals surface area contributed by atoms with Crippen LogP contribution in [0.1, 0.15) is 34.8 Å². The molecular formula is C20H19NO3. The number of allylic oxidation sites excluding steroid dienone is 1. The summed E-state index contributed by atoms with van der Waals surface area (Å²) in [5.74, 6) is 0.753. The lowest BCUT2D eigenvalue weighted by molar-refractivity contribution is -0.114. The lowest BCUT2D eigenvalue weighted by Crippen LogP contribution is -2.14. The fraction of sp³-hybridized carbons (Fsp3) is 0.200. The zero-order chi connectivity index (χ0) is 17.1. The first kappa shape index (κ1) is 16.0. The Morgan fingerprint density at radius 3 is 2.54 bits per heavy atom. The van der Waals surface area contributed by atoms with E-state index in [-0.39, 0.29) is 11.7 Å². The zero-order valence-electron chi connectivity index (χ0n) is 13.8. The van der Waals surface area contributed by atoms with Gasteiger partial charge in [0.1, 0.15) is 5.75 Å². The van der Waals surface area contributed by atoms with Crippen LogP contribution in [-0.4, -0.2) is 18.8 Å². The second kappa shape index (κ2) is 6.71. The molecule has 1 amide bonds. The third-order valence-corrected chi connectivity index (χ3v) is 4.08. The van der Waals surface area contributed by atoms with Crippen LogP contribution in [0.25, 0.3) is 6.08 Å². The summed E-state index contributed by atoms with van der Waals surface area (Å²) in [6.07, 6.45) is 3.47. The summed E-state index contributed by atoms with van der Waals surface area (Å²) in [7, 11) is 1.63. The van der Waals surface area contributed by atoms with E-state index >= 15 is 0 Å². The van der Waals surface area contributed by atoms with E-state index in [1.54, 1.807) is 7.11 Å². The molecule has 0 fully saturated rings. The van der Waals surface area contributed by atoms with Crippen LogP contribution in [0.2, 0.25) is 0 Å². The zero-order valence-corrected chi connectivity index (χ0v) is 13.8. The second-order valence-corrected chi connectivity index (χ2v) is 5.82. The Morgan fingerprint density at radius 2 is 1.88 bits per heavy atom. The summed E-state index contributed by atoms with van der Waals surface area (Å²) in [4.78, 5) is 23.7. The molecule has 2 aromatic rings. The molecule has 0 unspecified atom stereocenters. The number of amides is 1. The first-order valence-electron chi connectivity index (χ1n) is 7.86. The molecule has 0 radical (unpaired) electrons. The van der Waals surface area contributed by atoms with Crippen molar-refractivity contribution in [3.8, 4) is 5.75 Å². The first-order valence-corrected chi connectivity index (χ1v) is 7.86. The highest BCUT2D eigenvalue weighted by Crippen LogP contribution is 2.29. The maximum atomic E-state index is 12.7. The van der Waals surface area contributed by atoms with E-state index in [1.165, 1.54) is 6.92 Å². The molecule has 0 bridgehead atoms. The van der Waals surface area contributed by atoms with Gasteiger partial charge in [0.2, 0.25) is 5.91 Å². The molecule has 1 aliphatic rings. The maximum Gasteiger partial charge on any atom is 0.221 e. The number of benzene rings is 2. The minimum absolute atomic E-state index is 0.0739. The molecule has 0 aliphatic heterocycles. The number of Topliss-reactive ketones (excluding diaryl/α,β-unsaturated/α-hetero) is 1. The van der Waals surface area contributed by atoms with E-state index in [4.69, 9.17) is 4.74 Å². The highest BCUT2D eigenvalue weighted by molar-refractivity contribution is 6.13. The van der Waals surface area contributed by atoms with Crippen LogP contribution in [0.5, 0.6) is 5.75 Å². The molecule has 0 atom stereocenters. The molecule has 1 aliphatic carbocycles. The maximum absolute atomic E-state index is 12.7. The van der Waals surface area contributed by atoms with E-state index in [2.05, 4.69) is 5.32 Å². The topological polar surface area (TPSA) is 55.4 Å². The number of anilines is 1. The third kappa shape index (κ3) is 3.38. The van der Waals surface area contributed by atoms with Gasteiger partial charge in [-0.1, -0.05) is 12.1 Å². The van der Waals surface area contributed by atoms with E-state index in [1.807, 2.05) is 48.5 Å². The van der Waals surface area contributed by atoms with Crippen molar-refractivity contribution in [3.05, 3.63) is 64.7 Å². The Morgan fingerprint density at radius 1 is 1.12 bits per heavy atom. The van der Waals surface area contributed by atoms with Gasteiger partial charge in [0, 0.05) is 23.7 Å². The van der Waals surface area contributed by atoms with Crippen molar-refractivity contribution < 1.29 is 14.3 Å². The lowest BCUT2D eigenvalue weighted by atomic mass is 9.86. The molecule has 1 N–H and O–H groups in total. The highest BCUT2D eigenvalue weighted by atomic mass is 16.5. The Labute approximate surface area is 141 Å². The van der Waals surface area contributed by atoms with Crippen LogP contribution in [0.15, 0.2) is 48.0 Å². The van der Waals surface area contributed by atoms with Gasteiger partial charge in [0.15, 0.2) is 5.78 Å². The van der Waals surface area contributed by atoms with Gasteiger partial charge in [-0.15, -0.1) is 0 Å². The van der Waals surface area contributed by atoms with E-state index < -0.39 is 0 Å². The van der Waals surface area contributed by atoms with Crippen molar-refractivity contribution in [1.29, 1.82) is 0 Å². The van der Waals surface area contributed by atoms with Crippen LogP contribution in [0, 0.1) is 0 Å². The highest BCUT2D eigenvalue weighted by Gasteiger charge is 2.22. The van der Waals surface area contributed by atoms with Crippen molar-refractivity contribution in [2.45, 2.75) is 19.8 Å². The van der Waals surface area contributed by atoms with Gasteiger partial charge in [-0.05, 0) is 60.4 Å². The molecule has 4 heteroatoms. The van der Waals surface area contributed by atoms with E-state index in [9.17, 15) is 9.59 Å². The predicted molar refractivity (Wildman–Crippen MR) is 94.4 cm³/mol. The van der Waals surface area contributed by atoms with Crippen molar-refractivity contribution in [2.75, 3.05) is 12.4 Å². The van der Waals surface area contributed by atoms with Gasteiger partial charge in [0.05, 0.1) is 7.11 Å². The number of hydrogen-bond donors (Lipinski definition) is 1. The Balaban J connectivity index is 1.83. The fourth-order valence-corrected chi connectivity index (χ4v) is 2.89. The van der Waals surface area contributed by atoms with Gasteiger partial charge in [-0.2, -0.15) is 0 Å². The predicted octanol–water partition coefficient (Wildman–Crippen LogP) is 3.87. The molecule has 3 rings (SSSR count). The number of carbonyl (C=O) groups excluding carboxylic acids is 2. The molecule has 122 valence electrons. The summed E-state index contributed by atoms with van der Waals surface area (Å²) >= 11 is 0. The molecule has 4 nitrogen and oxygen atoms in total. The normalized spacial score (nSPS) is 15.1. The molecule has 0 saturated carbocycles. The quantitative estimate of drug-likeness (QED) is 0.873. The second-order valence-electron chi connectivity index (χ2n) is 5.82. The van der Waals surface area contributed by atoms with E-state index in [0.717, 1.165) is 40.1 Å². The van der Waals surface area contributed by atoms with Crippen molar-refractivity contribution in [3.63, 3.8) is 0 Å². The van der Waals surface area contributed by atoms with Gasteiger partial charge >= 0.3 is 0 Å².